The highest BCUT2D eigenvalue weighted by Crippen LogP contribution is 2.29. The Morgan fingerprint density at radius 3 is 2.50 bits per heavy atom. The number of carbonyl (C=O) groups is 1. The fourth-order valence-electron chi connectivity index (χ4n) is 2.18. The zero-order valence-corrected chi connectivity index (χ0v) is 13.8. The number of ether oxygens (including phenoxy) is 1. The third-order valence-corrected chi connectivity index (χ3v) is 5.11. The van der Waals surface area contributed by atoms with E-state index in [0.717, 1.165) is 19.3 Å². The van der Waals surface area contributed by atoms with E-state index in [2.05, 4.69) is 4.72 Å². The van der Waals surface area contributed by atoms with Crippen molar-refractivity contribution in [1.82, 2.24) is 4.72 Å². The summed E-state index contributed by atoms with van der Waals surface area (Å²) in [6.07, 6.45) is 2.60. The molecule has 9 heteroatoms. The van der Waals surface area contributed by atoms with Gasteiger partial charge in [0.25, 0.3) is 5.91 Å². The van der Waals surface area contributed by atoms with Gasteiger partial charge in [0.05, 0.1) is 17.6 Å². The molecule has 0 heterocycles. The molecule has 1 aliphatic rings. The first-order chi connectivity index (χ1) is 9.77. The standard InChI is InChI=1S/C13H19N3O4S.ClH/c1-20-11-4-3-9(7-10(11)12(14)17)21(18,19)16-8-13(15)5-2-6-13;/h3-4,7,16H,2,5-6,8,15H2,1H3,(H2,14,17);1H. The van der Waals surface area contributed by atoms with E-state index in [9.17, 15) is 13.2 Å². The second-order valence-corrected chi connectivity index (χ2v) is 7.03. The van der Waals surface area contributed by atoms with Crippen molar-refractivity contribution in [1.29, 1.82) is 0 Å². The summed E-state index contributed by atoms with van der Waals surface area (Å²) in [5.74, 6) is -0.520. The molecule has 0 radical (unpaired) electrons. The van der Waals surface area contributed by atoms with E-state index in [0.29, 0.717) is 0 Å². The van der Waals surface area contributed by atoms with Crippen LogP contribution in [0.2, 0.25) is 0 Å². The molecule has 1 saturated carbocycles. The summed E-state index contributed by atoms with van der Waals surface area (Å²) in [7, 11) is -2.37. The molecular formula is C13H20ClN3O4S. The van der Waals surface area contributed by atoms with Crippen molar-refractivity contribution < 1.29 is 17.9 Å². The Morgan fingerprint density at radius 1 is 1.41 bits per heavy atom. The Labute approximate surface area is 135 Å². The van der Waals surface area contributed by atoms with Gasteiger partial charge < -0.3 is 16.2 Å². The van der Waals surface area contributed by atoms with Crippen LogP contribution in [0.5, 0.6) is 5.75 Å². The molecule has 0 aliphatic heterocycles. The Bertz CT molecular complexity index is 659. The molecule has 0 bridgehead atoms. The number of hydrogen-bond donors (Lipinski definition) is 3. The molecule has 0 spiro atoms. The lowest BCUT2D eigenvalue weighted by Crippen LogP contribution is -2.54. The minimum Gasteiger partial charge on any atom is -0.496 e. The van der Waals surface area contributed by atoms with Crippen molar-refractivity contribution in [3.05, 3.63) is 23.8 Å². The van der Waals surface area contributed by atoms with Gasteiger partial charge in [0.2, 0.25) is 10.0 Å². The molecular weight excluding hydrogens is 330 g/mol. The average Bonchev–Trinajstić information content (AvgIpc) is 2.42. The topological polar surface area (TPSA) is 125 Å². The van der Waals surface area contributed by atoms with Crippen molar-refractivity contribution in [2.45, 2.75) is 29.7 Å². The van der Waals surface area contributed by atoms with Gasteiger partial charge >= 0.3 is 0 Å². The number of benzene rings is 1. The number of sulfonamides is 1. The lowest BCUT2D eigenvalue weighted by molar-refractivity contribution is 0.0997. The molecule has 0 unspecified atom stereocenters. The summed E-state index contributed by atoms with van der Waals surface area (Å²) in [6, 6.07) is 3.96. The van der Waals surface area contributed by atoms with Crippen LogP contribution in [-0.2, 0) is 10.0 Å². The van der Waals surface area contributed by atoms with Crippen LogP contribution in [-0.4, -0.2) is 33.5 Å². The van der Waals surface area contributed by atoms with E-state index in [4.69, 9.17) is 16.2 Å². The maximum Gasteiger partial charge on any atom is 0.252 e. The molecule has 124 valence electrons. The first-order valence-corrected chi connectivity index (χ1v) is 8.02. The van der Waals surface area contributed by atoms with Gasteiger partial charge in [0, 0.05) is 12.1 Å². The van der Waals surface area contributed by atoms with Gasteiger partial charge in [0.1, 0.15) is 5.75 Å². The first-order valence-electron chi connectivity index (χ1n) is 6.54. The molecule has 1 aromatic carbocycles. The SMILES string of the molecule is COc1ccc(S(=O)(=O)NCC2(N)CCC2)cc1C(N)=O.Cl. The highest BCUT2D eigenvalue weighted by Gasteiger charge is 2.33. The van der Waals surface area contributed by atoms with Gasteiger partial charge in [-0.25, -0.2) is 13.1 Å². The highest BCUT2D eigenvalue weighted by molar-refractivity contribution is 7.89. The van der Waals surface area contributed by atoms with Crippen LogP contribution >= 0.6 is 12.4 Å². The fourth-order valence-corrected chi connectivity index (χ4v) is 3.34. The number of halogens is 1. The van der Waals surface area contributed by atoms with Crippen LogP contribution in [0, 0.1) is 0 Å². The molecule has 1 aromatic rings. The molecule has 2 rings (SSSR count). The molecule has 5 N–H and O–H groups in total. The van der Waals surface area contributed by atoms with Crippen molar-refractivity contribution in [2.75, 3.05) is 13.7 Å². The van der Waals surface area contributed by atoms with Crippen LogP contribution in [0.3, 0.4) is 0 Å². The van der Waals surface area contributed by atoms with Crippen LogP contribution in [0.15, 0.2) is 23.1 Å². The van der Waals surface area contributed by atoms with Crippen LogP contribution in [0.1, 0.15) is 29.6 Å². The van der Waals surface area contributed by atoms with E-state index in [-0.39, 0.29) is 35.2 Å². The molecule has 7 nitrogen and oxygen atoms in total. The quantitative estimate of drug-likeness (QED) is 0.684. The number of primary amides is 1. The Morgan fingerprint density at radius 2 is 2.05 bits per heavy atom. The molecule has 1 aliphatic carbocycles. The van der Waals surface area contributed by atoms with Gasteiger partial charge in [-0.1, -0.05) is 0 Å². The summed E-state index contributed by atoms with van der Waals surface area (Å²) in [6.45, 7) is 0.174. The second-order valence-electron chi connectivity index (χ2n) is 5.27. The van der Waals surface area contributed by atoms with E-state index in [1.807, 2.05) is 0 Å². The number of nitrogens with one attached hydrogen (secondary N) is 1. The summed E-state index contributed by atoms with van der Waals surface area (Å²) in [5, 5.41) is 0. The summed E-state index contributed by atoms with van der Waals surface area (Å²) in [4.78, 5) is 11.3. The number of amides is 1. The van der Waals surface area contributed by atoms with Crippen molar-refractivity contribution in [3.63, 3.8) is 0 Å². The highest BCUT2D eigenvalue weighted by atomic mass is 35.5. The maximum absolute atomic E-state index is 12.2. The van der Waals surface area contributed by atoms with Crippen LogP contribution < -0.4 is 20.9 Å². The largest absolute Gasteiger partial charge is 0.496 e. The zero-order valence-electron chi connectivity index (χ0n) is 12.2. The number of methoxy groups -OCH3 is 1. The van der Waals surface area contributed by atoms with Crippen molar-refractivity contribution >= 4 is 28.3 Å². The number of rotatable bonds is 6. The van der Waals surface area contributed by atoms with Gasteiger partial charge in [0.15, 0.2) is 0 Å². The molecule has 1 amide bonds. The van der Waals surface area contributed by atoms with E-state index in [1.165, 1.54) is 25.3 Å². The van der Waals surface area contributed by atoms with Gasteiger partial charge in [-0.15, -0.1) is 12.4 Å². The minimum atomic E-state index is -3.74. The van der Waals surface area contributed by atoms with Gasteiger partial charge in [-0.2, -0.15) is 0 Å². The van der Waals surface area contributed by atoms with Gasteiger partial charge in [-0.05, 0) is 37.5 Å². The molecule has 0 aromatic heterocycles. The monoisotopic (exact) mass is 349 g/mol. The van der Waals surface area contributed by atoms with E-state index >= 15 is 0 Å². The Kier molecular flexibility index (Phi) is 5.80. The number of nitrogens with two attached hydrogens (primary N) is 2. The zero-order chi connectivity index (χ0) is 15.7. The van der Waals surface area contributed by atoms with Crippen molar-refractivity contribution in [3.8, 4) is 5.75 Å². The lowest BCUT2D eigenvalue weighted by atomic mass is 9.78. The molecule has 0 saturated heterocycles. The lowest BCUT2D eigenvalue weighted by Gasteiger charge is -2.38. The summed E-state index contributed by atoms with van der Waals surface area (Å²) >= 11 is 0. The van der Waals surface area contributed by atoms with Crippen LogP contribution in [0.4, 0.5) is 0 Å². The summed E-state index contributed by atoms with van der Waals surface area (Å²) < 4.78 is 31.9. The first kappa shape index (κ1) is 18.7. The third kappa shape index (κ3) is 3.89. The average molecular weight is 350 g/mol. The normalized spacial score (nSPS) is 16.3. The van der Waals surface area contributed by atoms with Crippen LogP contribution in [0.25, 0.3) is 0 Å². The van der Waals surface area contributed by atoms with Crippen molar-refractivity contribution in [2.24, 2.45) is 11.5 Å². The summed E-state index contributed by atoms with van der Waals surface area (Å²) in [5.41, 5.74) is 10.8. The van der Waals surface area contributed by atoms with Gasteiger partial charge in [-0.3, -0.25) is 4.79 Å². The maximum atomic E-state index is 12.2. The minimum absolute atomic E-state index is 0. The predicted octanol–water partition coefficient (Wildman–Crippen LogP) is 0.376. The Hall–Kier alpha value is -1.35. The smallest absolute Gasteiger partial charge is 0.252 e. The fraction of sp³-hybridized carbons (Fsp3) is 0.462. The van der Waals surface area contributed by atoms with E-state index < -0.39 is 21.5 Å². The Balaban J connectivity index is 0.00000242. The number of hydrogen-bond acceptors (Lipinski definition) is 5. The molecule has 0 atom stereocenters. The second kappa shape index (κ2) is 6.82. The van der Waals surface area contributed by atoms with E-state index in [1.54, 1.807) is 0 Å². The third-order valence-electron chi connectivity index (χ3n) is 3.71. The predicted molar refractivity (Wildman–Crippen MR) is 84.7 cm³/mol. The molecule has 22 heavy (non-hydrogen) atoms. The molecule has 1 fully saturated rings. The number of carbonyl (C=O) groups excluding carboxylic acids is 1.